The van der Waals surface area contributed by atoms with Crippen LogP contribution in [0.15, 0.2) is 42.5 Å². The molecule has 0 aliphatic rings. The van der Waals surface area contributed by atoms with Gasteiger partial charge in [0, 0.05) is 7.05 Å². The van der Waals surface area contributed by atoms with Gasteiger partial charge in [0.2, 0.25) is 5.91 Å². The van der Waals surface area contributed by atoms with Gasteiger partial charge in [0.05, 0.1) is 13.0 Å². The van der Waals surface area contributed by atoms with E-state index in [1.807, 2.05) is 42.5 Å². The Morgan fingerprint density at radius 2 is 1.81 bits per heavy atom. The highest BCUT2D eigenvalue weighted by molar-refractivity contribution is 5.86. The van der Waals surface area contributed by atoms with Gasteiger partial charge in [-0.05, 0) is 23.3 Å². The van der Waals surface area contributed by atoms with Gasteiger partial charge in [0.25, 0.3) is 0 Å². The largest absolute Gasteiger partial charge is 0.465 e. The van der Waals surface area contributed by atoms with Crippen molar-refractivity contribution >= 4 is 22.6 Å². The molecule has 0 aliphatic heterocycles. The maximum Gasteiger partial charge on any atom is 0.325 e. The fourth-order valence-corrected chi connectivity index (χ4v) is 2.15. The van der Waals surface area contributed by atoms with Crippen LogP contribution in [-0.4, -0.2) is 37.0 Å². The molecule has 0 spiro atoms. The minimum Gasteiger partial charge on any atom is -0.465 e. The van der Waals surface area contributed by atoms with Crippen molar-refractivity contribution in [2.24, 2.45) is 0 Å². The molecule has 0 saturated heterocycles. The maximum atomic E-state index is 12.1. The van der Waals surface area contributed by atoms with Crippen LogP contribution in [0.25, 0.3) is 10.8 Å². The van der Waals surface area contributed by atoms with Crippen molar-refractivity contribution in [1.29, 1.82) is 0 Å². The molecule has 0 radical (unpaired) electrons. The monoisotopic (exact) mass is 285 g/mol. The number of rotatable bonds is 5. The summed E-state index contributed by atoms with van der Waals surface area (Å²) in [6.45, 7) is 2.06. The van der Waals surface area contributed by atoms with Crippen molar-refractivity contribution in [3.8, 4) is 0 Å². The fraction of sp³-hybridized carbons (Fsp3) is 0.294. The Balaban J connectivity index is 2.02. The summed E-state index contributed by atoms with van der Waals surface area (Å²) in [6, 6.07) is 14.0. The Labute approximate surface area is 124 Å². The summed E-state index contributed by atoms with van der Waals surface area (Å²) in [5.74, 6) is -0.481. The molecular formula is C17H19NO3. The van der Waals surface area contributed by atoms with Gasteiger partial charge in [0.1, 0.15) is 6.54 Å². The van der Waals surface area contributed by atoms with Crippen LogP contribution in [0.3, 0.4) is 0 Å². The zero-order valence-electron chi connectivity index (χ0n) is 12.3. The van der Waals surface area contributed by atoms with Crippen molar-refractivity contribution in [2.45, 2.75) is 13.3 Å². The summed E-state index contributed by atoms with van der Waals surface area (Å²) >= 11 is 0. The molecule has 4 nitrogen and oxygen atoms in total. The van der Waals surface area contributed by atoms with Gasteiger partial charge in [-0.15, -0.1) is 0 Å². The molecule has 0 bridgehead atoms. The number of likely N-dealkylation sites (N-methyl/N-ethyl adjacent to an activating group) is 1. The molecule has 0 N–H and O–H groups in total. The molecule has 0 heterocycles. The predicted octanol–water partition coefficient (Wildman–Crippen LogP) is 2.40. The Morgan fingerprint density at radius 1 is 1.10 bits per heavy atom. The zero-order chi connectivity index (χ0) is 15.2. The Morgan fingerprint density at radius 3 is 2.52 bits per heavy atom. The second-order valence-electron chi connectivity index (χ2n) is 4.91. The van der Waals surface area contributed by atoms with E-state index in [4.69, 9.17) is 4.74 Å². The Bertz CT molecular complexity index is 651. The maximum absolute atomic E-state index is 12.1. The van der Waals surface area contributed by atoms with Gasteiger partial charge in [0.15, 0.2) is 0 Å². The molecule has 1 amide bonds. The van der Waals surface area contributed by atoms with Crippen LogP contribution in [-0.2, 0) is 20.7 Å². The normalized spacial score (nSPS) is 10.4. The number of ether oxygens (including phenoxy) is 1. The summed E-state index contributed by atoms with van der Waals surface area (Å²) in [4.78, 5) is 24.9. The van der Waals surface area contributed by atoms with E-state index in [9.17, 15) is 9.59 Å². The average Bonchev–Trinajstić information content (AvgIpc) is 2.47. The molecule has 0 saturated carbocycles. The molecule has 0 aliphatic carbocycles. The number of nitrogens with zero attached hydrogens (tertiary/aromatic N) is 1. The highest BCUT2D eigenvalue weighted by Gasteiger charge is 2.14. The molecule has 21 heavy (non-hydrogen) atoms. The third-order valence-corrected chi connectivity index (χ3v) is 3.27. The quantitative estimate of drug-likeness (QED) is 0.793. The predicted molar refractivity (Wildman–Crippen MR) is 81.9 cm³/mol. The van der Waals surface area contributed by atoms with Crippen molar-refractivity contribution in [1.82, 2.24) is 4.90 Å². The zero-order valence-corrected chi connectivity index (χ0v) is 12.3. The first kappa shape index (κ1) is 15.0. The molecule has 2 aromatic carbocycles. The van der Waals surface area contributed by atoms with Crippen molar-refractivity contribution in [2.75, 3.05) is 20.2 Å². The lowest BCUT2D eigenvalue weighted by atomic mass is 10.0. The minimum absolute atomic E-state index is 0.0136. The summed E-state index contributed by atoms with van der Waals surface area (Å²) < 4.78 is 4.84. The SMILES string of the molecule is CCOC(=O)CN(C)C(=O)Cc1ccc2ccccc2c1. The average molecular weight is 285 g/mol. The second-order valence-corrected chi connectivity index (χ2v) is 4.91. The number of carbonyl (C=O) groups is 2. The van der Waals surface area contributed by atoms with E-state index in [0.717, 1.165) is 16.3 Å². The standard InChI is InChI=1S/C17H19NO3/c1-3-21-17(20)12-18(2)16(19)11-13-8-9-14-6-4-5-7-15(14)10-13/h4-10H,3,11-12H2,1-2H3. The van der Waals surface area contributed by atoms with E-state index >= 15 is 0 Å². The highest BCUT2D eigenvalue weighted by atomic mass is 16.5. The lowest BCUT2D eigenvalue weighted by Gasteiger charge is -2.16. The fourth-order valence-electron chi connectivity index (χ4n) is 2.15. The number of benzene rings is 2. The number of carbonyl (C=O) groups excluding carboxylic acids is 2. The summed E-state index contributed by atoms with van der Waals surface area (Å²) in [6.07, 6.45) is 0.279. The van der Waals surface area contributed by atoms with Crippen LogP contribution in [0.1, 0.15) is 12.5 Å². The molecule has 2 aromatic rings. The minimum atomic E-state index is -0.383. The van der Waals surface area contributed by atoms with E-state index in [2.05, 4.69) is 0 Å². The molecule has 2 rings (SSSR count). The van der Waals surface area contributed by atoms with Gasteiger partial charge in [-0.2, -0.15) is 0 Å². The molecule has 0 atom stereocenters. The van der Waals surface area contributed by atoms with Gasteiger partial charge < -0.3 is 9.64 Å². The molecule has 4 heteroatoms. The lowest BCUT2D eigenvalue weighted by Crippen LogP contribution is -2.34. The topological polar surface area (TPSA) is 46.6 Å². The van der Waals surface area contributed by atoms with Crippen LogP contribution >= 0.6 is 0 Å². The number of hydrogen-bond acceptors (Lipinski definition) is 3. The first-order chi connectivity index (χ1) is 10.1. The van der Waals surface area contributed by atoms with Crippen LogP contribution in [0.2, 0.25) is 0 Å². The number of amides is 1. The van der Waals surface area contributed by atoms with Crippen molar-refractivity contribution in [3.63, 3.8) is 0 Å². The Hall–Kier alpha value is -2.36. The van der Waals surface area contributed by atoms with Gasteiger partial charge in [-0.3, -0.25) is 9.59 Å². The van der Waals surface area contributed by atoms with Crippen molar-refractivity contribution in [3.05, 3.63) is 48.0 Å². The van der Waals surface area contributed by atoms with Crippen molar-refractivity contribution < 1.29 is 14.3 Å². The Kier molecular flexibility index (Phi) is 4.93. The third kappa shape index (κ3) is 4.05. The van der Waals surface area contributed by atoms with Gasteiger partial charge in [-0.1, -0.05) is 42.5 Å². The number of hydrogen-bond donors (Lipinski definition) is 0. The molecule has 0 aromatic heterocycles. The molecular weight excluding hydrogens is 266 g/mol. The van der Waals surface area contributed by atoms with Crippen LogP contribution in [0.5, 0.6) is 0 Å². The second kappa shape index (κ2) is 6.88. The van der Waals surface area contributed by atoms with E-state index < -0.39 is 0 Å². The smallest absolute Gasteiger partial charge is 0.325 e. The first-order valence-electron chi connectivity index (χ1n) is 6.97. The molecule has 110 valence electrons. The first-order valence-corrected chi connectivity index (χ1v) is 6.97. The number of esters is 1. The third-order valence-electron chi connectivity index (χ3n) is 3.27. The lowest BCUT2D eigenvalue weighted by molar-refractivity contribution is -0.147. The van der Waals surface area contributed by atoms with E-state index in [0.29, 0.717) is 6.61 Å². The van der Waals surface area contributed by atoms with E-state index in [1.54, 1.807) is 14.0 Å². The summed E-state index contributed by atoms with van der Waals surface area (Å²) in [5, 5.41) is 2.25. The summed E-state index contributed by atoms with van der Waals surface area (Å²) in [7, 11) is 1.61. The molecule has 0 fully saturated rings. The highest BCUT2D eigenvalue weighted by Crippen LogP contribution is 2.16. The van der Waals surface area contributed by atoms with E-state index in [-0.39, 0.29) is 24.8 Å². The van der Waals surface area contributed by atoms with Crippen LogP contribution in [0, 0.1) is 0 Å². The van der Waals surface area contributed by atoms with Gasteiger partial charge in [-0.25, -0.2) is 0 Å². The summed E-state index contributed by atoms with van der Waals surface area (Å²) in [5.41, 5.74) is 0.939. The number of fused-ring (bicyclic) bond motifs is 1. The molecule has 0 unspecified atom stereocenters. The van der Waals surface area contributed by atoms with E-state index in [1.165, 1.54) is 4.90 Å². The van der Waals surface area contributed by atoms with Crippen LogP contribution < -0.4 is 0 Å². The van der Waals surface area contributed by atoms with Gasteiger partial charge >= 0.3 is 5.97 Å². The van der Waals surface area contributed by atoms with Crippen LogP contribution in [0.4, 0.5) is 0 Å².